The number of nitrogens with one attached hydrogen (secondary N) is 1. The normalized spacial score (nSPS) is 10.7. The van der Waals surface area contributed by atoms with Gasteiger partial charge >= 0.3 is 5.69 Å². The smallest absolute Gasteiger partial charge is 0.334 e. The Morgan fingerprint density at radius 3 is 2.69 bits per heavy atom. The molecule has 144 valence electrons. The van der Waals surface area contributed by atoms with E-state index >= 15 is 0 Å². The highest BCUT2D eigenvalue weighted by atomic mass is 35.5. The molecular weight excluding hydrogens is 433 g/mol. The minimum atomic E-state index is -0.620. The number of hydrogen-bond acceptors (Lipinski definition) is 7. The summed E-state index contributed by atoms with van der Waals surface area (Å²) in [6.07, 6.45) is 1.16. The predicted molar refractivity (Wildman–Crippen MR) is 115 cm³/mol. The number of nitrogens with zero attached hydrogens (tertiary/aromatic N) is 4. The van der Waals surface area contributed by atoms with E-state index in [1.54, 1.807) is 6.07 Å². The fraction of sp³-hybridized carbons (Fsp3) is 0. The Morgan fingerprint density at radius 2 is 1.90 bits per heavy atom. The average Bonchev–Trinajstić information content (AvgIpc) is 3.18. The van der Waals surface area contributed by atoms with Gasteiger partial charge in [0.05, 0.1) is 15.6 Å². The number of thiazole rings is 1. The molecule has 0 fully saturated rings. The molecule has 0 amide bonds. The first-order valence-corrected chi connectivity index (χ1v) is 9.89. The Hall–Kier alpha value is -3.07. The molecule has 4 aromatic rings. The van der Waals surface area contributed by atoms with Crippen LogP contribution in [0.2, 0.25) is 10.2 Å². The Bertz CT molecular complexity index is 1210. The third-order valence-electron chi connectivity index (χ3n) is 3.99. The molecule has 0 saturated heterocycles. The van der Waals surface area contributed by atoms with Gasteiger partial charge in [0, 0.05) is 22.2 Å². The van der Waals surface area contributed by atoms with Crippen molar-refractivity contribution in [1.82, 2.24) is 15.0 Å². The molecule has 2 heterocycles. The van der Waals surface area contributed by atoms with Crippen LogP contribution in [-0.2, 0) is 0 Å². The van der Waals surface area contributed by atoms with Crippen molar-refractivity contribution in [2.24, 2.45) is 0 Å². The van der Waals surface area contributed by atoms with Crippen LogP contribution in [0.25, 0.3) is 21.8 Å². The fourth-order valence-corrected chi connectivity index (χ4v) is 4.02. The van der Waals surface area contributed by atoms with Crippen LogP contribution in [0.3, 0.4) is 0 Å². The second-order valence-corrected chi connectivity index (χ2v) is 7.47. The molecule has 2 aromatic carbocycles. The van der Waals surface area contributed by atoms with Crippen LogP contribution in [0.1, 0.15) is 0 Å². The van der Waals surface area contributed by atoms with E-state index in [0.29, 0.717) is 10.7 Å². The number of anilines is 2. The zero-order valence-corrected chi connectivity index (χ0v) is 16.9. The zero-order valence-electron chi connectivity index (χ0n) is 14.5. The highest BCUT2D eigenvalue weighted by Crippen LogP contribution is 2.35. The second kappa shape index (κ2) is 8.12. The van der Waals surface area contributed by atoms with Gasteiger partial charge in [-0.1, -0.05) is 53.5 Å². The quantitative estimate of drug-likeness (QED) is 0.223. The molecule has 0 spiro atoms. The van der Waals surface area contributed by atoms with E-state index in [1.165, 1.54) is 11.3 Å². The molecule has 2 aromatic heterocycles. The van der Waals surface area contributed by atoms with E-state index in [0.717, 1.165) is 28.2 Å². The molecule has 4 rings (SSSR count). The first-order valence-electron chi connectivity index (χ1n) is 8.25. The molecule has 7 nitrogen and oxygen atoms in total. The Balaban J connectivity index is 1.65. The van der Waals surface area contributed by atoms with E-state index < -0.39 is 4.92 Å². The van der Waals surface area contributed by atoms with Crippen LogP contribution in [0.4, 0.5) is 17.2 Å². The lowest BCUT2D eigenvalue weighted by atomic mass is 10.1. The van der Waals surface area contributed by atoms with Crippen molar-refractivity contribution in [2.45, 2.75) is 0 Å². The third-order valence-corrected chi connectivity index (χ3v) is 5.47. The first kappa shape index (κ1) is 19.3. The van der Waals surface area contributed by atoms with Crippen LogP contribution in [0.5, 0.6) is 0 Å². The Labute approximate surface area is 179 Å². The summed E-state index contributed by atoms with van der Waals surface area (Å²) < 4.78 is 0. The molecule has 1 N–H and O–H groups in total. The van der Waals surface area contributed by atoms with Crippen molar-refractivity contribution >= 4 is 51.7 Å². The third kappa shape index (κ3) is 4.04. The van der Waals surface area contributed by atoms with E-state index in [1.807, 2.05) is 47.8 Å². The van der Waals surface area contributed by atoms with Crippen molar-refractivity contribution in [3.05, 3.63) is 80.5 Å². The lowest BCUT2D eigenvalue weighted by Gasteiger charge is -2.07. The van der Waals surface area contributed by atoms with Crippen LogP contribution >= 0.6 is 34.5 Å². The van der Waals surface area contributed by atoms with Gasteiger partial charge in [-0.15, -0.1) is 11.3 Å². The largest absolute Gasteiger partial charge is 0.348 e. The summed E-state index contributed by atoms with van der Waals surface area (Å²) in [7, 11) is 0. The van der Waals surface area contributed by atoms with Crippen LogP contribution in [-0.4, -0.2) is 19.9 Å². The molecule has 0 aliphatic heterocycles. The van der Waals surface area contributed by atoms with Crippen LogP contribution in [0, 0.1) is 10.1 Å². The van der Waals surface area contributed by atoms with Gasteiger partial charge in [-0.05, 0) is 18.2 Å². The molecule has 0 saturated carbocycles. The van der Waals surface area contributed by atoms with E-state index in [9.17, 15) is 10.1 Å². The molecule has 0 aliphatic rings. The molecule has 0 unspecified atom stereocenters. The van der Waals surface area contributed by atoms with Crippen molar-refractivity contribution in [3.63, 3.8) is 0 Å². The van der Waals surface area contributed by atoms with Crippen LogP contribution < -0.4 is 5.32 Å². The first-order chi connectivity index (χ1) is 14.0. The van der Waals surface area contributed by atoms with Crippen molar-refractivity contribution in [2.75, 3.05) is 5.32 Å². The van der Waals surface area contributed by atoms with Gasteiger partial charge in [-0.2, -0.15) is 0 Å². The van der Waals surface area contributed by atoms with Gasteiger partial charge in [0.2, 0.25) is 11.0 Å². The molecule has 0 radical (unpaired) electrons. The Morgan fingerprint density at radius 1 is 1.07 bits per heavy atom. The topological polar surface area (TPSA) is 93.8 Å². The molecule has 0 bridgehead atoms. The van der Waals surface area contributed by atoms with Gasteiger partial charge in [0.25, 0.3) is 0 Å². The van der Waals surface area contributed by atoms with Gasteiger partial charge < -0.3 is 5.32 Å². The van der Waals surface area contributed by atoms with Gasteiger partial charge in [-0.3, -0.25) is 10.1 Å². The maximum absolute atomic E-state index is 11.3. The summed E-state index contributed by atoms with van der Waals surface area (Å²) >= 11 is 13.6. The van der Waals surface area contributed by atoms with Gasteiger partial charge in [0.1, 0.15) is 11.3 Å². The number of halogens is 2. The highest BCUT2D eigenvalue weighted by molar-refractivity contribution is 7.13. The molecule has 10 heteroatoms. The maximum Gasteiger partial charge on any atom is 0.348 e. The lowest BCUT2D eigenvalue weighted by Crippen LogP contribution is -2.01. The number of benzene rings is 2. The summed E-state index contributed by atoms with van der Waals surface area (Å²) in [5.41, 5.74) is 2.70. The minimum Gasteiger partial charge on any atom is -0.334 e. The monoisotopic (exact) mass is 443 g/mol. The van der Waals surface area contributed by atoms with Gasteiger partial charge in [-0.25, -0.2) is 15.0 Å². The Kier molecular flexibility index (Phi) is 5.39. The minimum absolute atomic E-state index is 0.0159. The van der Waals surface area contributed by atoms with Crippen molar-refractivity contribution in [3.8, 4) is 21.8 Å². The number of hydrogen-bond donors (Lipinski definition) is 1. The molecule has 29 heavy (non-hydrogen) atoms. The molecular formula is C19H11Cl2N5O2S. The maximum atomic E-state index is 11.3. The highest BCUT2D eigenvalue weighted by Gasteiger charge is 2.21. The average molecular weight is 444 g/mol. The predicted octanol–water partition coefficient (Wildman–Crippen LogP) is 6.23. The number of nitro groups is 1. The SMILES string of the molecule is O=[N+]([O-])c1c(Cl)ncnc1Nc1cccc(-c2csc(-c3ccccc3Cl)n2)c1. The summed E-state index contributed by atoms with van der Waals surface area (Å²) in [6.45, 7) is 0. The standard InChI is InChI=1S/C19H11Cl2N5O2S/c20-14-7-2-1-6-13(14)19-25-15(9-29-19)11-4-3-5-12(8-11)24-18-16(26(27)28)17(21)22-10-23-18/h1-10H,(H,22,23,24). The van der Waals surface area contributed by atoms with E-state index in [2.05, 4.69) is 20.3 Å². The lowest BCUT2D eigenvalue weighted by molar-refractivity contribution is -0.384. The summed E-state index contributed by atoms with van der Waals surface area (Å²) in [4.78, 5) is 22.9. The summed E-state index contributed by atoms with van der Waals surface area (Å²) in [5, 5.41) is 17.3. The summed E-state index contributed by atoms with van der Waals surface area (Å²) in [6, 6.07) is 14.8. The zero-order chi connectivity index (χ0) is 20.4. The molecule has 0 aliphatic carbocycles. The second-order valence-electron chi connectivity index (χ2n) is 5.84. The molecule has 0 atom stereocenters. The van der Waals surface area contributed by atoms with Crippen LogP contribution in [0.15, 0.2) is 60.2 Å². The fourth-order valence-electron chi connectivity index (χ4n) is 2.67. The van der Waals surface area contributed by atoms with Gasteiger partial charge in [0.15, 0.2) is 0 Å². The summed E-state index contributed by atoms with van der Waals surface area (Å²) in [5.74, 6) is 0.0159. The van der Waals surface area contributed by atoms with E-state index in [4.69, 9.17) is 23.2 Å². The number of aromatic nitrogens is 3. The van der Waals surface area contributed by atoms with Crippen molar-refractivity contribution < 1.29 is 4.92 Å². The number of rotatable bonds is 5. The van der Waals surface area contributed by atoms with E-state index in [-0.39, 0.29) is 16.7 Å². The van der Waals surface area contributed by atoms with Crippen molar-refractivity contribution in [1.29, 1.82) is 0 Å².